The van der Waals surface area contributed by atoms with Gasteiger partial charge in [0, 0.05) is 12.2 Å². The van der Waals surface area contributed by atoms with E-state index < -0.39 is 0 Å². The maximum atomic E-state index is 8.06. The summed E-state index contributed by atoms with van der Waals surface area (Å²) < 4.78 is 0. The van der Waals surface area contributed by atoms with Crippen molar-refractivity contribution in [2.45, 2.75) is 39.9 Å². The molecule has 4 nitrogen and oxygen atoms in total. The molecular weight excluding hydrogens is 132 g/mol. The van der Waals surface area contributed by atoms with Crippen molar-refractivity contribution >= 4 is 0 Å². The molecule has 0 aliphatic carbocycles. The molecule has 0 amide bonds. The molecule has 0 radical (unpaired) electrons. The highest BCUT2D eigenvalue weighted by Gasteiger charge is 1.69. The van der Waals surface area contributed by atoms with E-state index in [9.17, 15) is 0 Å². The molecule has 0 heterocycles. The minimum atomic E-state index is -0.167. The standard InChI is InChI=1S/2C3H8O.2H3N/c2*1-3(2)4;;/h2*3-4H,1-2H3;2*1H3. The van der Waals surface area contributed by atoms with Gasteiger partial charge in [0.1, 0.15) is 0 Å². The molecule has 0 bridgehead atoms. The second-order valence-corrected chi connectivity index (χ2v) is 2.19. The number of hydrogen-bond acceptors (Lipinski definition) is 4. The van der Waals surface area contributed by atoms with Crippen molar-refractivity contribution in [3.63, 3.8) is 0 Å². The van der Waals surface area contributed by atoms with Gasteiger partial charge in [0.15, 0.2) is 0 Å². The van der Waals surface area contributed by atoms with Crippen molar-refractivity contribution in [3.05, 3.63) is 0 Å². The van der Waals surface area contributed by atoms with Gasteiger partial charge in [0.25, 0.3) is 0 Å². The Labute approximate surface area is 63.4 Å². The number of hydrogen-bond donors (Lipinski definition) is 4. The Balaban J connectivity index is -0.0000000300. The zero-order valence-corrected chi connectivity index (χ0v) is 7.46. The third kappa shape index (κ3) is 14300. The van der Waals surface area contributed by atoms with E-state index in [-0.39, 0.29) is 24.5 Å². The average Bonchev–Trinajstić information content (AvgIpc) is 1.25. The Morgan fingerprint density at radius 1 is 0.700 bits per heavy atom. The van der Waals surface area contributed by atoms with Gasteiger partial charge >= 0.3 is 0 Å². The molecule has 8 N–H and O–H groups in total. The van der Waals surface area contributed by atoms with Crippen LogP contribution in [0.3, 0.4) is 0 Å². The zero-order chi connectivity index (χ0) is 7.15. The van der Waals surface area contributed by atoms with E-state index in [0.29, 0.717) is 0 Å². The van der Waals surface area contributed by atoms with Gasteiger partial charge in [0.05, 0.1) is 0 Å². The van der Waals surface area contributed by atoms with Gasteiger partial charge in [-0.15, -0.1) is 0 Å². The van der Waals surface area contributed by atoms with Crippen LogP contribution in [0.15, 0.2) is 0 Å². The minimum Gasteiger partial charge on any atom is -0.394 e. The number of aliphatic hydroxyl groups excluding tert-OH is 2. The Bertz CT molecular complexity index is 29.2. The van der Waals surface area contributed by atoms with Crippen LogP contribution in [0.2, 0.25) is 0 Å². The minimum absolute atomic E-state index is 0. The second-order valence-electron chi connectivity index (χ2n) is 2.19. The first-order valence-corrected chi connectivity index (χ1v) is 2.83. The van der Waals surface area contributed by atoms with Crippen molar-refractivity contribution < 1.29 is 10.2 Å². The van der Waals surface area contributed by atoms with E-state index in [4.69, 9.17) is 10.2 Å². The predicted molar refractivity (Wildman–Crippen MR) is 44.8 cm³/mol. The maximum absolute atomic E-state index is 8.06. The summed E-state index contributed by atoms with van der Waals surface area (Å²) in [4.78, 5) is 0. The first kappa shape index (κ1) is 22.5. The zero-order valence-electron chi connectivity index (χ0n) is 7.46. The molecule has 4 heteroatoms. The normalized spacial score (nSPS) is 7.20. The Kier molecular flexibility index (Phi) is 35.9. The molecule has 0 aromatic heterocycles. The Morgan fingerprint density at radius 3 is 0.700 bits per heavy atom. The van der Waals surface area contributed by atoms with Crippen LogP contribution in [0.5, 0.6) is 0 Å². The van der Waals surface area contributed by atoms with Crippen LogP contribution in [-0.4, -0.2) is 22.4 Å². The van der Waals surface area contributed by atoms with E-state index in [1.54, 1.807) is 27.7 Å². The fourth-order valence-electron chi connectivity index (χ4n) is 0. The molecule has 0 aliphatic rings. The lowest BCUT2D eigenvalue weighted by Gasteiger charge is -1.80. The van der Waals surface area contributed by atoms with Crippen molar-refractivity contribution in [2.75, 3.05) is 0 Å². The van der Waals surface area contributed by atoms with Crippen molar-refractivity contribution in [3.8, 4) is 0 Å². The first-order chi connectivity index (χ1) is 3.46. The van der Waals surface area contributed by atoms with Crippen LogP contribution in [0, 0.1) is 0 Å². The molecule has 68 valence electrons. The van der Waals surface area contributed by atoms with Crippen molar-refractivity contribution in [2.24, 2.45) is 0 Å². The highest BCUT2D eigenvalue weighted by molar-refractivity contribution is 4.21. The predicted octanol–water partition coefficient (Wildman–Crippen LogP) is 1.10. The molecule has 0 aliphatic heterocycles. The van der Waals surface area contributed by atoms with Crippen molar-refractivity contribution in [1.29, 1.82) is 0 Å². The fraction of sp³-hybridized carbons (Fsp3) is 1.00. The summed E-state index contributed by atoms with van der Waals surface area (Å²) in [6.07, 6.45) is -0.333. The third-order valence-electron chi connectivity index (χ3n) is 0. The summed E-state index contributed by atoms with van der Waals surface area (Å²) in [6.45, 7) is 6.89. The summed E-state index contributed by atoms with van der Waals surface area (Å²) in [5.41, 5.74) is 0. The van der Waals surface area contributed by atoms with Gasteiger partial charge in [-0.05, 0) is 27.7 Å². The van der Waals surface area contributed by atoms with Crippen molar-refractivity contribution in [1.82, 2.24) is 12.3 Å². The lowest BCUT2D eigenvalue weighted by Crippen LogP contribution is -1.85. The smallest absolute Gasteiger partial charge is 0.0483 e. The lowest BCUT2D eigenvalue weighted by molar-refractivity contribution is 0.215. The molecule has 0 saturated heterocycles. The van der Waals surface area contributed by atoms with E-state index in [1.807, 2.05) is 0 Å². The van der Waals surface area contributed by atoms with Gasteiger partial charge in [-0.3, -0.25) is 0 Å². The van der Waals surface area contributed by atoms with E-state index in [0.717, 1.165) is 0 Å². The fourth-order valence-corrected chi connectivity index (χ4v) is 0. The molecule has 0 rings (SSSR count). The van der Waals surface area contributed by atoms with Gasteiger partial charge in [0.2, 0.25) is 0 Å². The highest BCUT2D eigenvalue weighted by Crippen LogP contribution is 1.65. The monoisotopic (exact) mass is 154 g/mol. The molecule has 0 unspecified atom stereocenters. The van der Waals surface area contributed by atoms with Crippen LogP contribution in [0.1, 0.15) is 27.7 Å². The number of rotatable bonds is 0. The molecule has 0 fully saturated rings. The van der Waals surface area contributed by atoms with E-state index >= 15 is 0 Å². The summed E-state index contributed by atoms with van der Waals surface area (Å²) in [6, 6.07) is 0. The average molecular weight is 154 g/mol. The summed E-state index contributed by atoms with van der Waals surface area (Å²) >= 11 is 0. The summed E-state index contributed by atoms with van der Waals surface area (Å²) in [5, 5.41) is 16.1. The van der Waals surface area contributed by atoms with Gasteiger partial charge < -0.3 is 22.5 Å². The molecule has 0 aromatic carbocycles. The molecule has 10 heavy (non-hydrogen) atoms. The molecule has 0 spiro atoms. The topological polar surface area (TPSA) is 110 Å². The van der Waals surface area contributed by atoms with Crippen LogP contribution < -0.4 is 12.3 Å². The van der Waals surface area contributed by atoms with Crippen LogP contribution >= 0.6 is 0 Å². The Morgan fingerprint density at radius 2 is 0.700 bits per heavy atom. The lowest BCUT2D eigenvalue weighted by atomic mass is 10.5. The largest absolute Gasteiger partial charge is 0.394 e. The van der Waals surface area contributed by atoms with Crippen LogP contribution in [0.4, 0.5) is 0 Å². The van der Waals surface area contributed by atoms with Gasteiger partial charge in [-0.1, -0.05) is 0 Å². The third-order valence-corrected chi connectivity index (χ3v) is 0. The van der Waals surface area contributed by atoms with E-state index in [1.165, 1.54) is 0 Å². The van der Waals surface area contributed by atoms with Crippen LogP contribution in [-0.2, 0) is 0 Å². The molecular formula is C6H22N2O2. The number of aliphatic hydroxyl groups is 2. The molecule has 0 aromatic rings. The highest BCUT2D eigenvalue weighted by atomic mass is 16.3. The van der Waals surface area contributed by atoms with Gasteiger partial charge in [-0.2, -0.15) is 0 Å². The first-order valence-electron chi connectivity index (χ1n) is 2.83. The molecule has 0 atom stereocenters. The van der Waals surface area contributed by atoms with Gasteiger partial charge in [-0.25, -0.2) is 0 Å². The molecule has 0 saturated carbocycles. The Hall–Kier alpha value is -0.160. The quantitative estimate of drug-likeness (QED) is 0.418. The van der Waals surface area contributed by atoms with E-state index in [2.05, 4.69) is 0 Å². The SMILES string of the molecule is CC(C)O.CC(C)O.N.N. The summed E-state index contributed by atoms with van der Waals surface area (Å²) in [7, 11) is 0. The second kappa shape index (κ2) is 15.9. The summed E-state index contributed by atoms with van der Waals surface area (Å²) in [5.74, 6) is 0. The van der Waals surface area contributed by atoms with Crippen LogP contribution in [0.25, 0.3) is 0 Å². The maximum Gasteiger partial charge on any atom is 0.0483 e.